The Morgan fingerprint density at radius 2 is 2.02 bits per heavy atom. The molecule has 0 aliphatic carbocycles. The van der Waals surface area contributed by atoms with Crippen LogP contribution in [0.3, 0.4) is 0 Å². The molecule has 2 aliphatic heterocycles. The standard InChI is InChI=1S/C31H29B2FN10O3/c1-18-10-22(21(34)12-24(18)47-20-5-7-44-26(11-20)36-17-38-44)39-29-28-23(35-16-37-29)13-25-30(40-28)42-8-9-43(19(14-42)15-46-25)27(45)4-6-31(32,33)41(2)3/h4-7,10-13,16-17,19H,8-9,14-15H2,1-3H3,(H,35,37,39)/b6-4+. The van der Waals surface area contributed by atoms with Crippen molar-refractivity contribution in [2.75, 3.05) is 50.6 Å². The number of ether oxygens (including phenoxy) is 2. The average Bonchev–Trinajstić information content (AvgIpc) is 3.47. The van der Waals surface area contributed by atoms with E-state index in [1.54, 1.807) is 58.9 Å². The van der Waals surface area contributed by atoms with Crippen molar-refractivity contribution in [3.8, 4) is 17.2 Å². The van der Waals surface area contributed by atoms with Gasteiger partial charge in [-0.2, -0.15) is 5.10 Å². The molecule has 4 radical (unpaired) electrons. The molecule has 1 fully saturated rings. The highest BCUT2D eigenvalue weighted by molar-refractivity contribution is 6.41. The number of benzene rings is 1. The minimum atomic E-state index is -1.25. The molecule has 0 spiro atoms. The van der Waals surface area contributed by atoms with Gasteiger partial charge in [-0.1, -0.05) is 6.08 Å². The molecular weight excluding hydrogens is 601 g/mol. The van der Waals surface area contributed by atoms with E-state index in [4.69, 9.17) is 30.2 Å². The van der Waals surface area contributed by atoms with Crippen molar-refractivity contribution in [2.45, 2.75) is 18.3 Å². The fourth-order valence-corrected chi connectivity index (χ4v) is 5.48. The van der Waals surface area contributed by atoms with Crippen LogP contribution in [0.2, 0.25) is 0 Å². The number of aromatic nitrogens is 6. The molecule has 2 aliphatic rings. The first-order valence-electron chi connectivity index (χ1n) is 14.9. The monoisotopic (exact) mass is 630 g/mol. The van der Waals surface area contributed by atoms with Crippen LogP contribution in [-0.2, 0) is 4.79 Å². The summed E-state index contributed by atoms with van der Waals surface area (Å²) in [4.78, 5) is 36.4. The number of carbonyl (C=O) groups is 1. The summed E-state index contributed by atoms with van der Waals surface area (Å²) in [5, 5.41) is 5.91. The number of rotatable bonds is 7. The quantitative estimate of drug-likeness (QED) is 0.211. The highest BCUT2D eigenvalue weighted by atomic mass is 19.1. The summed E-state index contributed by atoms with van der Waals surface area (Å²) >= 11 is 0. The summed E-state index contributed by atoms with van der Waals surface area (Å²) in [5.41, 5.74) is 2.46. The maximum Gasteiger partial charge on any atom is 0.246 e. The van der Waals surface area contributed by atoms with E-state index in [2.05, 4.69) is 30.3 Å². The van der Waals surface area contributed by atoms with E-state index in [9.17, 15) is 4.79 Å². The second-order valence-corrected chi connectivity index (χ2v) is 11.7. The minimum absolute atomic E-state index is 0.198. The molecule has 1 unspecified atom stereocenters. The summed E-state index contributed by atoms with van der Waals surface area (Å²) in [5.74, 6) is 1.59. The molecule has 1 atom stereocenters. The molecule has 1 amide bonds. The minimum Gasteiger partial charge on any atom is -0.487 e. The van der Waals surface area contributed by atoms with Crippen LogP contribution in [0, 0.1) is 12.7 Å². The van der Waals surface area contributed by atoms with Gasteiger partial charge in [0.15, 0.2) is 23.0 Å². The van der Waals surface area contributed by atoms with Gasteiger partial charge in [-0.3, -0.25) is 4.79 Å². The molecule has 5 aromatic rings. The van der Waals surface area contributed by atoms with E-state index in [-0.39, 0.29) is 24.2 Å². The Morgan fingerprint density at radius 1 is 1.17 bits per heavy atom. The van der Waals surface area contributed by atoms with Crippen LogP contribution >= 0.6 is 0 Å². The number of nitrogens with zero attached hydrogens (tertiary/aromatic N) is 9. The second-order valence-electron chi connectivity index (χ2n) is 11.7. The molecule has 16 heteroatoms. The lowest BCUT2D eigenvalue weighted by Gasteiger charge is -2.39. The number of pyridine rings is 2. The third kappa shape index (κ3) is 5.91. The number of piperazine rings is 1. The van der Waals surface area contributed by atoms with Crippen LogP contribution in [0.5, 0.6) is 17.2 Å². The first-order chi connectivity index (χ1) is 22.6. The first kappa shape index (κ1) is 30.4. The van der Waals surface area contributed by atoms with Gasteiger partial charge in [-0.05, 0) is 50.1 Å². The fraction of sp³-hybridized carbons (Fsp3) is 0.290. The van der Waals surface area contributed by atoms with Crippen LogP contribution in [-0.4, -0.2) is 113 Å². The zero-order chi connectivity index (χ0) is 32.9. The van der Waals surface area contributed by atoms with E-state index >= 15 is 4.39 Å². The van der Waals surface area contributed by atoms with E-state index in [0.717, 1.165) is 0 Å². The van der Waals surface area contributed by atoms with E-state index < -0.39 is 11.2 Å². The van der Waals surface area contributed by atoms with Gasteiger partial charge in [0.25, 0.3) is 0 Å². The van der Waals surface area contributed by atoms with E-state index in [1.165, 1.54) is 30.9 Å². The molecule has 234 valence electrons. The van der Waals surface area contributed by atoms with Crippen LogP contribution in [0.4, 0.5) is 21.7 Å². The Labute approximate surface area is 272 Å². The molecule has 1 aromatic carbocycles. The Bertz CT molecular complexity index is 2040. The van der Waals surface area contributed by atoms with Crippen molar-refractivity contribution >= 4 is 55.6 Å². The Hall–Kier alpha value is -5.24. The molecule has 7 rings (SSSR count). The lowest BCUT2D eigenvalue weighted by atomic mass is 9.61. The highest BCUT2D eigenvalue weighted by Crippen LogP contribution is 2.37. The summed E-state index contributed by atoms with van der Waals surface area (Å²) in [6.45, 7) is 3.56. The van der Waals surface area contributed by atoms with Crippen molar-refractivity contribution < 1.29 is 18.7 Å². The van der Waals surface area contributed by atoms with Gasteiger partial charge >= 0.3 is 0 Å². The number of hydrogen-bond donors (Lipinski definition) is 1. The first-order valence-corrected chi connectivity index (χ1v) is 14.9. The van der Waals surface area contributed by atoms with Crippen molar-refractivity contribution in [2.24, 2.45) is 0 Å². The molecule has 0 saturated carbocycles. The number of fused-ring (bicyclic) bond motifs is 6. The molecule has 13 nitrogen and oxygen atoms in total. The maximum absolute atomic E-state index is 15.5. The SMILES string of the molecule is [B]C([B])(/C=C/C(=O)N1CCN2CC1COc1cc3ncnc(Nc4cc(C)c(Oc5ccn6ncnc6c5)cc4F)c3nc12)N(C)C. The Kier molecular flexibility index (Phi) is 7.66. The smallest absolute Gasteiger partial charge is 0.246 e. The van der Waals surface area contributed by atoms with Gasteiger partial charge in [0.05, 0.1) is 32.9 Å². The van der Waals surface area contributed by atoms with Crippen molar-refractivity contribution in [1.82, 2.24) is 39.3 Å². The van der Waals surface area contributed by atoms with Gasteiger partial charge in [-0.15, -0.1) is 0 Å². The number of aryl methyl sites for hydroxylation is 1. The predicted octanol–water partition coefficient (Wildman–Crippen LogP) is 2.57. The molecule has 4 aromatic heterocycles. The maximum atomic E-state index is 15.5. The van der Waals surface area contributed by atoms with Crippen LogP contribution < -0.4 is 19.7 Å². The summed E-state index contributed by atoms with van der Waals surface area (Å²) in [7, 11) is 15.6. The number of amides is 1. The number of nitrogens with one attached hydrogen (secondary N) is 1. The normalized spacial score (nSPS) is 16.4. The molecule has 1 saturated heterocycles. The number of carbonyl (C=O) groups excluding carboxylic acids is 1. The summed E-state index contributed by atoms with van der Waals surface area (Å²) in [6.07, 6.45) is 7.44. The largest absolute Gasteiger partial charge is 0.487 e. The number of halogens is 1. The molecular formula is C31H29B2FN10O3. The number of hydrogen-bond acceptors (Lipinski definition) is 11. The topological polar surface area (TPSA) is 126 Å². The fourth-order valence-electron chi connectivity index (χ4n) is 5.48. The lowest BCUT2D eigenvalue weighted by molar-refractivity contribution is -0.129. The number of anilines is 3. The molecule has 47 heavy (non-hydrogen) atoms. The van der Waals surface area contributed by atoms with Crippen molar-refractivity contribution in [3.05, 3.63) is 72.7 Å². The zero-order valence-corrected chi connectivity index (χ0v) is 26.0. The summed E-state index contributed by atoms with van der Waals surface area (Å²) in [6, 6.07) is 7.97. The second kappa shape index (κ2) is 11.8. The lowest BCUT2D eigenvalue weighted by Crippen LogP contribution is -2.56. The summed E-state index contributed by atoms with van der Waals surface area (Å²) < 4.78 is 29.2. The van der Waals surface area contributed by atoms with Crippen LogP contribution in [0.1, 0.15) is 5.56 Å². The zero-order valence-electron chi connectivity index (χ0n) is 26.0. The van der Waals surface area contributed by atoms with E-state index in [1.807, 2.05) is 6.92 Å². The van der Waals surface area contributed by atoms with Crippen LogP contribution in [0.25, 0.3) is 16.7 Å². The molecule has 1 N–H and O–H groups in total. The van der Waals surface area contributed by atoms with Gasteiger partial charge in [0, 0.05) is 44.0 Å². The van der Waals surface area contributed by atoms with Crippen LogP contribution in [0.15, 0.2) is 61.3 Å². The third-order valence-corrected chi connectivity index (χ3v) is 8.32. The average molecular weight is 630 g/mol. The van der Waals surface area contributed by atoms with Gasteiger partial charge in [0.1, 0.15) is 42.1 Å². The van der Waals surface area contributed by atoms with Crippen molar-refractivity contribution in [3.63, 3.8) is 0 Å². The Balaban J connectivity index is 1.12. The van der Waals surface area contributed by atoms with E-state index in [0.29, 0.717) is 70.8 Å². The third-order valence-electron chi connectivity index (χ3n) is 8.32. The van der Waals surface area contributed by atoms with Gasteiger partial charge in [-0.25, -0.2) is 28.8 Å². The van der Waals surface area contributed by atoms with Gasteiger partial charge < -0.3 is 29.5 Å². The molecule has 2 bridgehead atoms. The highest BCUT2D eigenvalue weighted by Gasteiger charge is 2.35. The van der Waals surface area contributed by atoms with Crippen molar-refractivity contribution in [1.29, 1.82) is 0 Å². The Morgan fingerprint density at radius 3 is 2.85 bits per heavy atom. The predicted molar refractivity (Wildman–Crippen MR) is 175 cm³/mol. The molecule has 6 heterocycles. The number of likely N-dealkylation sites (N-methyl/N-ethyl adjacent to an activating group) is 1. The van der Waals surface area contributed by atoms with Gasteiger partial charge in [0.2, 0.25) is 5.91 Å².